The van der Waals surface area contributed by atoms with Gasteiger partial charge in [0, 0.05) is 0 Å². The summed E-state index contributed by atoms with van der Waals surface area (Å²) in [6.45, 7) is 3.35. The fourth-order valence-corrected chi connectivity index (χ4v) is 2.91. The maximum absolute atomic E-state index is 5.35. The molecule has 0 aliphatic carbocycles. The van der Waals surface area contributed by atoms with E-state index in [0.29, 0.717) is 35.7 Å². The highest BCUT2D eigenvalue weighted by atomic mass is 16.5. The van der Waals surface area contributed by atoms with Gasteiger partial charge in [-0.1, -0.05) is 16.7 Å². The van der Waals surface area contributed by atoms with Gasteiger partial charge in [-0.3, -0.25) is 4.90 Å². The van der Waals surface area contributed by atoms with Gasteiger partial charge in [-0.2, -0.15) is 9.97 Å². The average molecular weight is 315 g/mol. The lowest BCUT2D eigenvalue weighted by Gasteiger charge is -2.32. The van der Waals surface area contributed by atoms with Crippen LogP contribution in [-0.2, 0) is 6.54 Å². The van der Waals surface area contributed by atoms with Gasteiger partial charge in [0.25, 0.3) is 5.89 Å². The van der Waals surface area contributed by atoms with Crippen molar-refractivity contribution in [3.8, 4) is 11.7 Å². The molecule has 1 fully saturated rings. The lowest BCUT2D eigenvalue weighted by molar-refractivity contribution is 0.107. The van der Waals surface area contributed by atoms with Crippen LogP contribution >= 0.6 is 0 Å². The van der Waals surface area contributed by atoms with E-state index in [4.69, 9.17) is 13.5 Å². The second-order valence-corrected chi connectivity index (χ2v) is 5.65. The van der Waals surface area contributed by atoms with Gasteiger partial charge >= 0.3 is 0 Å². The molecule has 0 saturated carbocycles. The van der Waals surface area contributed by atoms with Crippen molar-refractivity contribution in [2.75, 3.05) is 6.54 Å². The molecule has 1 saturated heterocycles. The zero-order valence-corrected chi connectivity index (χ0v) is 12.8. The SMILES string of the molecule is Cc1noc([C@@H]2CCCCN2Cc2noc(-c3ccco3)n2)n1. The van der Waals surface area contributed by atoms with Crippen molar-refractivity contribution in [3.63, 3.8) is 0 Å². The molecule has 4 rings (SSSR count). The molecule has 1 atom stereocenters. The van der Waals surface area contributed by atoms with E-state index in [1.54, 1.807) is 18.4 Å². The highest BCUT2D eigenvalue weighted by Crippen LogP contribution is 2.31. The first-order chi connectivity index (χ1) is 11.3. The smallest absolute Gasteiger partial charge is 0.293 e. The minimum atomic E-state index is 0.107. The largest absolute Gasteiger partial charge is 0.459 e. The molecule has 0 N–H and O–H groups in total. The molecule has 1 aliphatic heterocycles. The van der Waals surface area contributed by atoms with E-state index < -0.39 is 0 Å². The summed E-state index contributed by atoms with van der Waals surface area (Å²) < 4.78 is 15.9. The third-order valence-corrected chi connectivity index (χ3v) is 3.99. The van der Waals surface area contributed by atoms with Crippen molar-refractivity contribution in [3.05, 3.63) is 35.9 Å². The Labute approximate surface area is 132 Å². The van der Waals surface area contributed by atoms with E-state index in [0.717, 1.165) is 25.8 Å². The maximum atomic E-state index is 5.35. The Morgan fingerprint density at radius 1 is 1.22 bits per heavy atom. The Kier molecular flexibility index (Phi) is 3.66. The third-order valence-electron chi connectivity index (χ3n) is 3.99. The van der Waals surface area contributed by atoms with Crippen LogP contribution in [0.2, 0.25) is 0 Å². The van der Waals surface area contributed by atoms with Gasteiger partial charge in [-0.15, -0.1) is 0 Å². The van der Waals surface area contributed by atoms with Crippen LogP contribution in [0.15, 0.2) is 31.9 Å². The van der Waals surface area contributed by atoms with Crippen LogP contribution in [0.3, 0.4) is 0 Å². The number of hydrogen-bond donors (Lipinski definition) is 0. The Morgan fingerprint density at radius 2 is 2.17 bits per heavy atom. The van der Waals surface area contributed by atoms with E-state index in [9.17, 15) is 0 Å². The van der Waals surface area contributed by atoms with Crippen LogP contribution in [0, 0.1) is 6.92 Å². The molecule has 8 nitrogen and oxygen atoms in total. The minimum absolute atomic E-state index is 0.107. The minimum Gasteiger partial charge on any atom is -0.459 e. The first-order valence-corrected chi connectivity index (χ1v) is 7.70. The number of nitrogens with zero attached hydrogens (tertiary/aromatic N) is 5. The number of aromatic nitrogens is 4. The van der Waals surface area contributed by atoms with E-state index in [-0.39, 0.29) is 6.04 Å². The van der Waals surface area contributed by atoms with Crippen molar-refractivity contribution in [2.24, 2.45) is 0 Å². The molecule has 0 spiro atoms. The fourth-order valence-electron chi connectivity index (χ4n) is 2.91. The van der Waals surface area contributed by atoms with E-state index >= 15 is 0 Å². The van der Waals surface area contributed by atoms with Crippen molar-refractivity contribution in [1.29, 1.82) is 0 Å². The van der Waals surface area contributed by atoms with E-state index in [1.165, 1.54) is 0 Å². The number of likely N-dealkylation sites (tertiary alicyclic amines) is 1. The highest BCUT2D eigenvalue weighted by Gasteiger charge is 2.29. The summed E-state index contributed by atoms with van der Waals surface area (Å²) >= 11 is 0. The molecule has 4 heterocycles. The fraction of sp³-hybridized carbons (Fsp3) is 0.467. The van der Waals surface area contributed by atoms with Crippen molar-refractivity contribution in [1.82, 2.24) is 25.2 Å². The monoisotopic (exact) mass is 315 g/mol. The normalized spacial score (nSPS) is 19.3. The number of furan rings is 1. The van der Waals surface area contributed by atoms with Crippen LogP contribution in [-0.4, -0.2) is 31.7 Å². The first kappa shape index (κ1) is 14.1. The van der Waals surface area contributed by atoms with Gasteiger partial charge < -0.3 is 13.5 Å². The third kappa shape index (κ3) is 2.89. The van der Waals surface area contributed by atoms with Crippen molar-refractivity contribution < 1.29 is 13.5 Å². The average Bonchev–Trinajstić information content (AvgIpc) is 3.28. The maximum Gasteiger partial charge on any atom is 0.293 e. The molecule has 120 valence electrons. The molecule has 0 radical (unpaired) electrons. The highest BCUT2D eigenvalue weighted by molar-refractivity contribution is 5.42. The van der Waals surface area contributed by atoms with Gasteiger partial charge in [-0.25, -0.2) is 0 Å². The van der Waals surface area contributed by atoms with Crippen LogP contribution in [0.1, 0.15) is 42.8 Å². The number of hydrogen-bond acceptors (Lipinski definition) is 8. The second kappa shape index (κ2) is 5.96. The van der Waals surface area contributed by atoms with E-state index in [2.05, 4.69) is 25.2 Å². The van der Waals surface area contributed by atoms with Gasteiger partial charge in [0.15, 0.2) is 17.4 Å². The van der Waals surface area contributed by atoms with Gasteiger partial charge in [0.2, 0.25) is 5.89 Å². The Bertz CT molecular complexity index is 764. The molecule has 8 heteroatoms. The Morgan fingerprint density at radius 3 is 2.96 bits per heavy atom. The topological polar surface area (TPSA) is 94.2 Å². The molecule has 23 heavy (non-hydrogen) atoms. The van der Waals surface area contributed by atoms with Gasteiger partial charge in [-0.05, 0) is 38.4 Å². The van der Waals surface area contributed by atoms with E-state index in [1.807, 2.05) is 6.92 Å². The zero-order valence-electron chi connectivity index (χ0n) is 12.8. The number of aryl methyl sites for hydroxylation is 1. The molecule has 3 aromatic heterocycles. The zero-order chi connectivity index (χ0) is 15.6. The summed E-state index contributed by atoms with van der Waals surface area (Å²) in [5, 5.41) is 7.94. The summed E-state index contributed by atoms with van der Waals surface area (Å²) in [5.74, 6) is 2.92. The van der Waals surface area contributed by atoms with Crippen LogP contribution in [0.5, 0.6) is 0 Å². The predicted molar refractivity (Wildman–Crippen MR) is 78.0 cm³/mol. The Hall–Kier alpha value is -2.48. The summed E-state index contributed by atoms with van der Waals surface area (Å²) in [7, 11) is 0. The molecular weight excluding hydrogens is 298 g/mol. The molecule has 3 aromatic rings. The first-order valence-electron chi connectivity index (χ1n) is 7.70. The molecule has 0 aromatic carbocycles. The lowest BCUT2D eigenvalue weighted by Crippen LogP contribution is -2.33. The van der Waals surface area contributed by atoms with Gasteiger partial charge in [0.05, 0.1) is 18.8 Å². The van der Waals surface area contributed by atoms with Crippen molar-refractivity contribution >= 4 is 0 Å². The van der Waals surface area contributed by atoms with Crippen molar-refractivity contribution in [2.45, 2.75) is 38.8 Å². The quantitative estimate of drug-likeness (QED) is 0.725. The second-order valence-electron chi connectivity index (χ2n) is 5.65. The molecule has 0 unspecified atom stereocenters. The van der Waals surface area contributed by atoms with Crippen LogP contribution in [0.25, 0.3) is 11.7 Å². The van der Waals surface area contributed by atoms with Crippen LogP contribution < -0.4 is 0 Å². The van der Waals surface area contributed by atoms with Gasteiger partial charge in [0.1, 0.15) is 0 Å². The summed E-state index contributed by atoms with van der Waals surface area (Å²) in [6, 6.07) is 3.69. The lowest BCUT2D eigenvalue weighted by atomic mass is 10.0. The van der Waals surface area contributed by atoms with Crippen LogP contribution in [0.4, 0.5) is 0 Å². The molecule has 0 bridgehead atoms. The number of piperidine rings is 1. The predicted octanol–water partition coefficient (Wildman–Crippen LogP) is 2.75. The molecule has 0 amide bonds. The summed E-state index contributed by atoms with van der Waals surface area (Å²) in [6.07, 6.45) is 4.85. The molecule has 1 aliphatic rings. The summed E-state index contributed by atoms with van der Waals surface area (Å²) in [4.78, 5) is 11.0. The molecular formula is C15H17N5O3. The Balaban J connectivity index is 1.52. The standard InChI is InChI=1S/C15H17N5O3/c1-10-16-14(22-18-10)11-5-2-3-7-20(11)9-13-17-15(23-19-13)12-6-4-8-21-12/h4,6,8,11H,2-3,5,7,9H2,1H3/t11-/m0/s1. The number of rotatable bonds is 4. The summed E-state index contributed by atoms with van der Waals surface area (Å²) in [5.41, 5.74) is 0.